The van der Waals surface area contributed by atoms with Gasteiger partial charge in [0.25, 0.3) is 0 Å². The molecule has 1 unspecified atom stereocenters. The van der Waals surface area contributed by atoms with Gasteiger partial charge in [-0.1, -0.05) is 62.4 Å². The Bertz CT molecular complexity index is 2020. The molecule has 2 bridgehead atoms. The molecule has 0 aromatic heterocycles. The summed E-state index contributed by atoms with van der Waals surface area (Å²) in [5.41, 5.74) is -7.23. The van der Waals surface area contributed by atoms with Crippen molar-refractivity contribution in [3.8, 4) is 0 Å². The molecule has 59 heavy (non-hydrogen) atoms. The van der Waals surface area contributed by atoms with Crippen LogP contribution < -0.4 is 10.6 Å². The quantitative estimate of drug-likeness (QED) is 0.132. The third-order valence-electron chi connectivity index (χ3n) is 12.8. The molecule has 1 heterocycles. The number of hydrogen-bond donors (Lipinski definition) is 5. The van der Waals surface area contributed by atoms with Gasteiger partial charge in [0.1, 0.15) is 23.9 Å². The number of hydrogen-bond acceptors (Lipinski definition) is 14. The number of fused-ring (bicyclic) bond motifs is 5. The fourth-order valence-electron chi connectivity index (χ4n) is 9.72. The minimum atomic E-state index is -2.38. The zero-order chi connectivity index (χ0) is 43.2. The van der Waals surface area contributed by atoms with Crippen LogP contribution in [0.5, 0.6) is 0 Å². The van der Waals surface area contributed by atoms with Crippen molar-refractivity contribution in [1.82, 2.24) is 10.6 Å². The average Bonchev–Trinajstić information content (AvgIpc) is 3.18. The summed E-state index contributed by atoms with van der Waals surface area (Å²) in [6.07, 6.45) is -10.4. The molecular weight excluding hydrogens is 768 g/mol. The van der Waals surface area contributed by atoms with Crippen molar-refractivity contribution in [2.45, 2.75) is 115 Å². The molecule has 1 saturated heterocycles. The van der Waals surface area contributed by atoms with Gasteiger partial charge in [0.05, 0.1) is 35.6 Å². The Kier molecular flexibility index (Phi) is 11.9. The van der Waals surface area contributed by atoms with Crippen molar-refractivity contribution < 1.29 is 67.8 Å². The molecule has 2 aromatic rings. The number of rotatable bonds is 10. The summed E-state index contributed by atoms with van der Waals surface area (Å²) in [7, 11) is 0. The zero-order valence-electron chi connectivity index (χ0n) is 34.1. The van der Waals surface area contributed by atoms with Crippen LogP contribution in [0, 0.1) is 16.7 Å². The van der Waals surface area contributed by atoms with Crippen molar-refractivity contribution in [2.75, 3.05) is 13.2 Å². The van der Waals surface area contributed by atoms with E-state index in [0.717, 1.165) is 13.8 Å². The average molecular weight is 821 g/mol. The maximum atomic E-state index is 15.4. The maximum Gasteiger partial charge on any atom is 0.338 e. The van der Waals surface area contributed by atoms with Crippen molar-refractivity contribution in [1.29, 1.82) is 0 Å². The first-order valence-corrected chi connectivity index (χ1v) is 19.6. The van der Waals surface area contributed by atoms with Crippen molar-refractivity contribution in [3.05, 3.63) is 82.9 Å². The first-order valence-electron chi connectivity index (χ1n) is 19.6. The van der Waals surface area contributed by atoms with Gasteiger partial charge in [0.2, 0.25) is 0 Å². The Balaban J connectivity index is 1.55. The number of carbonyl (C=O) groups excluding carboxylic acids is 6. The monoisotopic (exact) mass is 820 g/mol. The highest BCUT2D eigenvalue weighted by atomic mass is 16.6. The van der Waals surface area contributed by atoms with Gasteiger partial charge >= 0.3 is 29.9 Å². The molecule has 16 nitrogen and oxygen atoms in total. The summed E-state index contributed by atoms with van der Waals surface area (Å²) in [5, 5.41) is 42.3. The minimum Gasteiger partial charge on any atom is -0.456 e. The van der Waals surface area contributed by atoms with Crippen molar-refractivity contribution in [2.24, 2.45) is 16.7 Å². The largest absolute Gasteiger partial charge is 0.456 e. The third kappa shape index (κ3) is 7.29. The molecule has 5 N–H and O–H groups in total. The molecule has 11 atom stereocenters. The first-order chi connectivity index (χ1) is 27.7. The SMILES string of the molecule is CCNC(=O)N[C@@H](c1ccccc1)[C@@H](O)C(=O)OC1C[C@@]2(O)[C@@H](OC(=O)c3ccccc3)[C@@H]3[C@]4(OC(C)=O)CO[C@@H]4C[C@H](O)[C@@]3(C)C(=O)[C@H](OC(C)=O)C(=C1C)C2(C)C. The predicted molar refractivity (Wildman–Crippen MR) is 206 cm³/mol. The van der Waals surface area contributed by atoms with Crippen LogP contribution in [0.2, 0.25) is 0 Å². The lowest BCUT2D eigenvalue weighted by Gasteiger charge is -2.67. The molecule has 0 spiro atoms. The molecule has 2 saturated carbocycles. The molecule has 4 aliphatic rings. The van der Waals surface area contributed by atoms with Crippen molar-refractivity contribution >= 4 is 35.7 Å². The second-order valence-corrected chi connectivity index (χ2v) is 16.5. The van der Waals surface area contributed by atoms with Gasteiger partial charge in [-0.15, -0.1) is 0 Å². The Labute approximate surface area is 341 Å². The Hall–Kier alpha value is -5.16. The molecule has 2 amide bonds. The van der Waals surface area contributed by atoms with Crippen LogP contribution in [0.25, 0.3) is 0 Å². The smallest absolute Gasteiger partial charge is 0.338 e. The summed E-state index contributed by atoms with van der Waals surface area (Å²) >= 11 is 0. The molecule has 0 radical (unpaired) electrons. The van der Waals surface area contributed by atoms with E-state index in [1.807, 2.05) is 0 Å². The number of benzene rings is 2. The molecule has 16 heteroatoms. The number of esters is 4. The minimum absolute atomic E-state index is 0.0000444. The second-order valence-electron chi connectivity index (χ2n) is 16.5. The number of aliphatic hydroxyl groups is 3. The van der Waals surface area contributed by atoms with Gasteiger partial charge in [-0.3, -0.25) is 14.4 Å². The van der Waals surface area contributed by atoms with E-state index in [1.54, 1.807) is 69.3 Å². The number of nitrogens with one attached hydrogen (secondary N) is 2. The maximum absolute atomic E-state index is 15.4. The number of aliphatic hydroxyl groups excluding tert-OH is 2. The number of amides is 2. The van der Waals surface area contributed by atoms with E-state index < -0.39 is 113 Å². The molecule has 6 rings (SSSR count). The zero-order valence-corrected chi connectivity index (χ0v) is 34.1. The summed E-state index contributed by atoms with van der Waals surface area (Å²) < 4.78 is 30.1. The van der Waals surface area contributed by atoms with Crippen LogP contribution in [0.4, 0.5) is 4.79 Å². The molecular formula is C43H52N2O14. The molecule has 2 aromatic carbocycles. The number of carbonyl (C=O) groups is 6. The Morgan fingerprint density at radius 1 is 0.932 bits per heavy atom. The van der Waals surface area contributed by atoms with Crippen LogP contribution in [0.3, 0.4) is 0 Å². The highest BCUT2D eigenvalue weighted by molar-refractivity contribution is 5.95. The van der Waals surface area contributed by atoms with E-state index in [2.05, 4.69) is 10.6 Å². The normalized spacial score (nSPS) is 32.9. The summed E-state index contributed by atoms with van der Waals surface area (Å²) in [6.45, 7) is 9.90. The lowest BCUT2D eigenvalue weighted by atomic mass is 9.44. The Morgan fingerprint density at radius 3 is 2.12 bits per heavy atom. The fourth-order valence-corrected chi connectivity index (χ4v) is 9.72. The fraction of sp³-hybridized carbons (Fsp3) is 0.535. The highest BCUT2D eigenvalue weighted by Crippen LogP contribution is 2.64. The predicted octanol–water partition coefficient (Wildman–Crippen LogP) is 2.62. The van der Waals surface area contributed by atoms with Crippen LogP contribution >= 0.6 is 0 Å². The van der Waals surface area contributed by atoms with Gasteiger partial charge in [0, 0.05) is 38.6 Å². The van der Waals surface area contributed by atoms with Gasteiger partial charge in [-0.05, 0) is 49.6 Å². The van der Waals surface area contributed by atoms with E-state index in [9.17, 15) is 39.3 Å². The van der Waals surface area contributed by atoms with E-state index in [0.29, 0.717) is 5.56 Å². The number of Topliss-reactive ketones (excluding diaryl/α,β-unsaturated/α-hetero) is 1. The van der Waals surface area contributed by atoms with Crippen LogP contribution in [-0.2, 0) is 42.9 Å². The molecule has 318 valence electrons. The second kappa shape index (κ2) is 16.1. The molecule has 1 aliphatic heterocycles. The van der Waals surface area contributed by atoms with E-state index >= 15 is 4.79 Å². The number of ketones is 1. The van der Waals surface area contributed by atoms with Gasteiger partial charge in [0.15, 0.2) is 23.6 Å². The van der Waals surface area contributed by atoms with Gasteiger partial charge in [-0.25, -0.2) is 14.4 Å². The number of ether oxygens (including phenoxy) is 5. The third-order valence-corrected chi connectivity index (χ3v) is 12.8. The number of urea groups is 1. The summed E-state index contributed by atoms with van der Waals surface area (Å²) in [4.78, 5) is 82.3. The first kappa shape index (κ1) is 43.4. The molecule has 3 aliphatic carbocycles. The van der Waals surface area contributed by atoms with E-state index in [1.165, 1.54) is 26.0 Å². The summed E-state index contributed by atoms with van der Waals surface area (Å²) in [6, 6.07) is 14.1. The topological polar surface area (TPSA) is 233 Å². The lowest BCUT2D eigenvalue weighted by molar-refractivity contribution is -0.346. The highest BCUT2D eigenvalue weighted by Gasteiger charge is 2.78. The van der Waals surface area contributed by atoms with Gasteiger partial charge in [-0.2, -0.15) is 0 Å². The van der Waals surface area contributed by atoms with Crippen LogP contribution in [0.1, 0.15) is 83.3 Å². The van der Waals surface area contributed by atoms with E-state index in [4.69, 9.17) is 23.7 Å². The Morgan fingerprint density at radius 2 is 1.56 bits per heavy atom. The summed E-state index contributed by atoms with van der Waals surface area (Å²) in [5.74, 6) is -6.23. The van der Waals surface area contributed by atoms with Crippen LogP contribution in [-0.4, -0.2) is 112 Å². The molecule has 3 fully saturated rings. The lowest BCUT2D eigenvalue weighted by Crippen LogP contribution is -2.82. The van der Waals surface area contributed by atoms with Crippen molar-refractivity contribution in [3.63, 3.8) is 0 Å². The van der Waals surface area contributed by atoms with Crippen LogP contribution in [0.15, 0.2) is 71.8 Å². The van der Waals surface area contributed by atoms with E-state index in [-0.39, 0.29) is 36.3 Å². The van der Waals surface area contributed by atoms with Gasteiger partial charge < -0.3 is 49.6 Å². The standard InChI is InChI=1S/C43H52N2O14/c1-8-44-39(53)45-31(25-15-11-9-12-16-25)32(49)38(52)57-27-20-43(54)36(58-37(51)26-17-13-10-14-18-26)34-41(7,28(48)19-29-42(34,21-55-29)59-24(4)47)35(50)33(56-23(3)46)30(22(27)2)40(43,5)6/h9-18,27-29,31-34,36,48-49,54H,8,19-21H2,1-7H3,(H2,44,45,53)/t27?,28-,29+,31-,32+,33+,34-,36-,41+,42-,43+/m0/s1.